The van der Waals surface area contributed by atoms with Crippen LogP contribution < -0.4 is 10.6 Å². The van der Waals surface area contributed by atoms with Crippen LogP contribution in [0.4, 0.5) is 0 Å². The Kier molecular flexibility index (Phi) is 7.08. The zero-order valence-electron chi connectivity index (χ0n) is 12.4. The summed E-state index contributed by atoms with van der Waals surface area (Å²) in [5, 5.41) is 17.1. The number of aromatic nitrogens is 1. The molecule has 0 bridgehead atoms. The quantitative estimate of drug-likeness (QED) is 0.198. The number of nitro groups is 1. The van der Waals surface area contributed by atoms with Gasteiger partial charge in [-0.1, -0.05) is 23.9 Å². The minimum atomic E-state index is -0.485. The van der Waals surface area contributed by atoms with Gasteiger partial charge in [0.1, 0.15) is 5.52 Å². The molecule has 0 atom stereocenters. The van der Waals surface area contributed by atoms with Crippen molar-refractivity contribution in [2.24, 2.45) is 0 Å². The minimum absolute atomic E-state index is 0.399. The van der Waals surface area contributed by atoms with E-state index in [0.717, 1.165) is 29.5 Å². The van der Waals surface area contributed by atoms with Crippen molar-refractivity contribution in [3.63, 3.8) is 0 Å². The lowest BCUT2D eigenvalue weighted by atomic mass is 10.3. The lowest BCUT2D eigenvalue weighted by Crippen LogP contribution is -2.29. The molecule has 0 unspecified atom stereocenters. The van der Waals surface area contributed by atoms with E-state index in [9.17, 15) is 10.1 Å². The fourth-order valence-electron chi connectivity index (χ4n) is 1.82. The molecule has 1 aromatic carbocycles. The smallest absolute Gasteiger partial charge is 0.274 e. The third-order valence-corrected chi connectivity index (χ3v) is 3.94. The van der Waals surface area contributed by atoms with Gasteiger partial charge in [-0.25, -0.2) is 4.98 Å². The summed E-state index contributed by atoms with van der Waals surface area (Å²) >= 11 is 5.59. The van der Waals surface area contributed by atoms with Gasteiger partial charge in [-0.3, -0.25) is 10.1 Å². The molecule has 1 heterocycles. The highest BCUT2D eigenvalue weighted by atomic mass is 32.2. The van der Waals surface area contributed by atoms with E-state index in [1.54, 1.807) is 0 Å². The number of benzene rings is 1. The SMILES string of the molecule is O=[N+]([O-])C=C(NCCS)NCCCSc1nc2ccccc2o1. The van der Waals surface area contributed by atoms with Gasteiger partial charge in [0.2, 0.25) is 0 Å². The van der Waals surface area contributed by atoms with Gasteiger partial charge < -0.3 is 15.1 Å². The molecule has 0 spiro atoms. The minimum Gasteiger partial charge on any atom is -0.431 e. The molecule has 1 aromatic heterocycles. The van der Waals surface area contributed by atoms with E-state index >= 15 is 0 Å². The number of para-hydroxylation sites is 2. The van der Waals surface area contributed by atoms with Gasteiger partial charge in [-0.2, -0.15) is 12.6 Å². The highest BCUT2D eigenvalue weighted by molar-refractivity contribution is 7.99. The van der Waals surface area contributed by atoms with Gasteiger partial charge in [-0.15, -0.1) is 0 Å². The zero-order valence-corrected chi connectivity index (χ0v) is 14.1. The molecule has 0 amide bonds. The second-order valence-electron chi connectivity index (χ2n) is 4.55. The standard InChI is InChI=1S/C14H18N4O3S2/c19-18(20)10-13(16-7-8-22)15-6-3-9-23-14-17-11-4-1-2-5-12(11)21-14/h1-2,4-5,10,15-16,22H,3,6-9H2. The van der Waals surface area contributed by atoms with Crippen LogP contribution in [0.3, 0.4) is 0 Å². The summed E-state index contributed by atoms with van der Waals surface area (Å²) in [5.41, 5.74) is 1.63. The van der Waals surface area contributed by atoms with E-state index in [0.29, 0.717) is 29.9 Å². The van der Waals surface area contributed by atoms with E-state index in [2.05, 4.69) is 28.2 Å². The Morgan fingerprint density at radius 3 is 2.91 bits per heavy atom. The van der Waals surface area contributed by atoms with Gasteiger partial charge in [0.25, 0.3) is 11.4 Å². The molecular weight excluding hydrogens is 336 g/mol. The normalized spacial score (nSPS) is 11.6. The van der Waals surface area contributed by atoms with Crippen molar-refractivity contribution in [3.05, 3.63) is 46.4 Å². The maximum absolute atomic E-state index is 10.5. The number of fused-ring (bicyclic) bond motifs is 1. The van der Waals surface area contributed by atoms with Crippen LogP contribution in [-0.2, 0) is 0 Å². The van der Waals surface area contributed by atoms with E-state index in [1.165, 1.54) is 11.8 Å². The summed E-state index contributed by atoms with van der Waals surface area (Å²) in [4.78, 5) is 14.4. The molecule has 9 heteroatoms. The first-order chi connectivity index (χ1) is 11.2. The van der Waals surface area contributed by atoms with E-state index < -0.39 is 4.92 Å². The predicted octanol–water partition coefficient (Wildman–Crippen LogP) is 2.49. The maximum Gasteiger partial charge on any atom is 0.274 e. The largest absolute Gasteiger partial charge is 0.431 e. The fraction of sp³-hybridized carbons (Fsp3) is 0.357. The lowest BCUT2D eigenvalue weighted by molar-refractivity contribution is -0.404. The number of thiol groups is 1. The molecule has 0 aliphatic carbocycles. The molecule has 124 valence electrons. The van der Waals surface area contributed by atoms with E-state index in [1.807, 2.05) is 24.3 Å². The van der Waals surface area contributed by atoms with Crippen LogP contribution in [0.2, 0.25) is 0 Å². The third kappa shape index (κ3) is 6.03. The van der Waals surface area contributed by atoms with Crippen LogP contribution in [0.25, 0.3) is 11.1 Å². The molecule has 0 aliphatic rings. The van der Waals surface area contributed by atoms with Crippen molar-refractivity contribution >= 4 is 35.5 Å². The monoisotopic (exact) mass is 354 g/mol. The summed E-state index contributed by atoms with van der Waals surface area (Å²) in [5.74, 6) is 1.80. The molecule has 2 rings (SSSR count). The van der Waals surface area contributed by atoms with Gasteiger partial charge in [0.05, 0.1) is 4.92 Å². The van der Waals surface area contributed by atoms with Crippen LogP contribution in [-0.4, -0.2) is 34.5 Å². The van der Waals surface area contributed by atoms with E-state index in [-0.39, 0.29) is 0 Å². The van der Waals surface area contributed by atoms with Crippen molar-refractivity contribution in [1.82, 2.24) is 15.6 Å². The third-order valence-electron chi connectivity index (χ3n) is 2.80. The van der Waals surface area contributed by atoms with Crippen molar-refractivity contribution in [2.75, 3.05) is 24.6 Å². The van der Waals surface area contributed by atoms with Crippen molar-refractivity contribution in [2.45, 2.75) is 11.6 Å². The highest BCUT2D eigenvalue weighted by Gasteiger charge is 2.05. The van der Waals surface area contributed by atoms with Crippen molar-refractivity contribution in [3.8, 4) is 0 Å². The van der Waals surface area contributed by atoms with Gasteiger partial charge >= 0.3 is 0 Å². The Morgan fingerprint density at radius 1 is 1.39 bits per heavy atom. The second kappa shape index (κ2) is 9.31. The van der Waals surface area contributed by atoms with Gasteiger partial charge in [-0.05, 0) is 18.6 Å². The molecule has 0 radical (unpaired) electrons. The second-order valence-corrected chi connectivity index (χ2v) is 6.05. The van der Waals surface area contributed by atoms with Crippen molar-refractivity contribution < 1.29 is 9.34 Å². The van der Waals surface area contributed by atoms with Crippen LogP contribution in [0, 0.1) is 10.1 Å². The molecule has 2 N–H and O–H groups in total. The molecule has 0 aliphatic heterocycles. The lowest BCUT2D eigenvalue weighted by Gasteiger charge is -2.09. The number of rotatable bonds is 10. The Labute approximate surface area is 143 Å². The molecule has 7 nitrogen and oxygen atoms in total. The number of hydrogen-bond acceptors (Lipinski definition) is 8. The number of nitrogens with one attached hydrogen (secondary N) is 2. The predicted molar refractivity (Wildman–Crippen MR) is 94.3 cm³/mol. The highest BCUT2D eigenvalue weighted by Crippen LogP contribution is 2.23. The Bertz CT molecular complexity index is 642. The topological polar surface area (TPSA) is 93.2 Å². The van der Waals surface area contributed by atoms with Gasteiger partial charge in [0, 0.05) is 24.6 Å². The van der Waals surface area contributed by atoms with Gasteiger partial charge in [0.15, 0.2) is 11.4 Å². The number of thioether (sulfide) groups is 1. The molecule has 0 fully saturated rings. The summed E-state index contributed by atoms with van der Waals surface area (Å²) < 4.78 is 5.61. The molecular formula is C14H18N4O3S2. The Hall–Kier alpha value is -1.87. The average molecular weight is 354 g/mol. The molecule has 23 heavy (non-hydrogen) atoms. The first-order valence-corrected chi connectivity index (χ1v) is 8.73. The number of oxazole rings is 1. The van der Waals surface area contributed by atoms with Crippen LogP contribution in [0.5, 0.6) is 0 Å². The molecule has 0 saturated carbocycles. The summed E-state index contributed by atoms with van der Waals surface area (Å²) in [6.45, 7) is 1.18. The first-order valence-electron chi connectivity index (χ1n) is 7.11. The van der Waals surface area contributed by atoms with Crippen LogP contribution >= 0.6 is 24.4 Å². The number of nitrogens with zero attached hydrogens (tertiary/aromatic N) is 2. The van der Waals surface area contributed by atoms with Crippen LogP contribution in [0.1, 0.15) is 6.42 Å². The van der Waals surface area contributed by atoms with Crippen LogP contribution in [0.15, 0.2) is 45.9 Å². The maximum atomic E-state index is 10.5. The Morgan fingerprint density at radius 2 is 2.17 bits per heavy atom. The molecule has 0 saturated heterocycles. The summed E-state index contributed by atoms with van der Waals surface area (Å²) in [6, 6.07) is 7.62. The summed E-state index contributed by atoms with van der Waals surface area (Å²) in [6.07, 6.45) is 1.75. The number of hydrogen-bond donors (Lipinski definition) is 3. The average Bonchev–Trinajstić information content (AvgIpc) is 2.94. The molecule has 2 aromatic rings. The Balaban J connectivity index is 1.72. The zero-order chi connectivity index (χ0) is 16.5. The fourth-order valence-corrected chi connectivity index (χ4v) is 2.70. The summed E-state index contributed by atoms with van der Waals surface area (Å²) in [7, 11) is 0. The van der Waals surface area contributed by atoms with E-state index in [4.69, 9.17) is 4.42 Å². The first kappa shape index (κ1) is 17.5. The van der Waals surface area contributed by atoms with Crippen molar-refractivity contribution in [1.29, 1.82) is 0 Å².